The molecule has 2 rings (SSSR count). The Morgan fingerprint density at radius 2 is 1.81 bits per heavy atom. The lowest BCUT2D eigenvalue weighted by Crippen LogP contribution is -1.92. The predicted octanol–water partition coefficient (Wildman–Crippen LogP) is 4.44. The lowest BCUT2D eigenvalue weighted by molar-refractivity contribution is 0.481. The van der Waals surface area contributed by atoms with E-state index < -0.39 is 0 Å². The van der Waals surface area contributed by atoms with Crippen molar-refractivity contribution >= 4 is 22.5 Å². The Labute approximate surface area is 100 Å². The van der Waals surface area contributed by atoms with Crippen molar-refractivity contribution in [3.05, 3.63) is 36.4 Å². The van der Waals surface area contributed by atoms with E-state index in [1.165, 1.54) is 4.90 Å². The van der Waals surface area contributed by atoms with Gasteiger partial charge >= 0.3 is 0 Å². The van der Waals surface area contributed by atoms with Gasteiger partial charge in [0.05, 0.1) is 0 Å². The Balaban J connectivity index is 2.50. The summed E-state index contributed by atoms with van der Waals surface area (Å²) in [6.45, 7) is 4.42. The van der Waals surface area contributed by atoms with Crippen LogP contribution in [0.1, 0.15) is 20.3 Å². The van der Waals surface area contributed by atoms with Crippen LogP contribution in [0.15, 0.2) is 41.3 Å². The Bertz CT molecular complexity index is 493. The van der Waals surface area contributed by atoms with E-state index >= 15 is 0 Å². The minimum atomic E-state index is 0.365. The average molecular weight is 232 g/mol. The molecule has 0 aliphatic rings. The van der Waals surface area contributed by atoms with E-state index in [2.05, 4.69) is 19.9 Å². The maximum atomic E-state index is 9.78. The Morgan fingerprint density at radius 1 is 1.12 bits per heavy atom. The summed E-state index contributed by atoms with van der Waals surface area (Å²) in [5.74, 6) is 0.365. The van der Waals surface area contributed by atoms with Crippen molar-refractivity contribution in [1.29, 1.82) is 0 Å². The minimum Gasteiger partial charge on any atom is -0.507 e. The van der Waals surface area contributed by atoms with Gasteiger partial charge in [0, 0.05) is 15.5 Å². The Hall–Kier alpha value is -1.15. The third kappa shape index (κ3) is 2.17. The Morgan fingerprint density at radius 3 is 2.50 bits per heavy atom. The van der Waals surface area contributed by atoms with E-state index in [1.807, 2.05) is 36.0 Å². The van der Waals surface area contributed by atoms with Gasteiger partial charge in [-0.3, -0.25) is 0 Å². The van der Waals surface area contributed by atoms with E-state index in [1.54, 1.807) is 6.07 Å². The molecule has 0 aromatic heterocycles. The summed E-state index contributed by atoms with van der Waals surface area (Å²) in [6.07, 6.45) is 1.15. The summed E-state index contributed by atoms with van der Waals surface area (Å²) in [5, 5.41) is 12.5. The summed E-state index contributed by atoms with van der Waals surface area (Å²) in [5.41, 5.74) is 0. The molecule has 0 heterocycles. The second kappa shape index (κ2) is 4.79. The van der Waals surface area contributed by atoms with Crippen LogP contribution < -0.4 is 0 Å². The number of rotatable bonds is 3. The van der Waals surface area contributed by atoms with E-state index in [0.29, 0.717) is 11.0 Å². The zero-order valence-corrected chi connectivity index (χ0v) is 10.4. The summed E-state index contributed by atoms with van der Waals surface area (Å²) in [4.78, 5) is 1.25. The molecule has 1 unspecified atom stereocenters. The predicted molar refractivity (Wildman–Crippen MR) is 71.2 cm³/mol. The molecule has 0 saturated carbocycles. The molecule has 0 bridgehead atoms. The van der Waals surface area contributed by atoms with Crippen molar-refractivity contribution in [2.45, 2.75) is 30.4 Å². The van der Waals surface area contributed by atoms with Gasteiger partial charge in [-0.25, -0.2) is 0 Å². The number of phenols is 1. The van der Waals surface area contributed by atoms with Gasteiger partial charge in [-0.15, -0.1) is 11.8 Å². The van der Waals surface area contributed by atoms with Crippen molar-refractivity contribution in [1.82, 2.24) is 0 Å². The molecule has 0 radical (unpaired) electrons. The lowest BCUT2D eigenvalue weighted by atomic mass is 10.1. The Kier molecular flexibility index (Phi) is 3.39. The van der Waals surface area contributed by atoms with Crippen LogP contribution in [0.4, 0.5) is 0 Å². The fraction of sp³-hybridized carbons (Fsp3) is 0.286. The second-order valence-corrected chi connectivity index (χ2v) is 5.45. The van der Waals surface area contributed by atoms with Crippen LogP contribution >= 0.6 is 11.8 Å². The number of phenolic OH excluding ortho intramolecular Hbond substituents is 1. The number of benzene rings is 2. The highest BCUT2D eigenvalue weighted by Crippen LogP contribution is 2.35. The molecule has 1 N–H and O–H groups in total. The fourth-order valence-corrected chi connectivity index (χ4v) is 2.71. The topological polar surface area (TPSA) is 20.2 Å². The normalized spacial score (nSPS) is 12.9. The number of fused-ring (bicyclic) bond motifs is 1. The van der Waals surface area contributed by atoms with E-state index in [-0.39, 0.29) is 0 Å². The first kappa shape index (κ1) is 11.3. The van der Waals surface area contributed by atoms with Crippen molar-refractivity contribution in [3.8, 4) is 5.75 Å². The highest BCUT2D eigenvalue weighted by Gasteiger charge is 2.07. The van der Waals surface area contributed by atoms with Crippen LogP contribution in [0, 0.1) is 0 Å². The van der Waals surface area contributed by atoms with E-state index in [0.717, 1.165) is 17.2 Å². The van der Waals surface area contributed by atoms with Crippen LogP contribution in [0.3, 0.4) is 0 Å². The van der Waals surface area contributed by atoms with Crippen LogP contribution in [0.25, 0.3) is 10.8 Å². The summed E-state index contributed by atoms with van der Waals surface area (Å²) < 4.78 is 0. The van der Waals surface area contributed by atoms with Crippen LogP contribution in [0.2, 0.25) is 0 Å². The van der Waals surface area contributed by atoms with Gasteiger partial charge in [-0.05, 0) is 23.9 Å². The average Bonchev–Trinajstić information content (AvgIpc) is 2.33. The molecule has 1 nitrogen and oxygen atoms in total. The molecule has 0 fully saturated rings. The van der Waals surface area contributed by atoms with Crippen LogP contribution in [-0.2, 0) is 0 Å². The second-order valence-electron chi connectivity index (χ2n) is 3.97. The molecular weight excluding hydrogens is 216 g/mol. The molecule has 0 spiro atoms. The first-order valence-corrected chi connectivity index (χ1v) is 6.47. The molecule has 0 aliphatic heterocycles. The molecule has 2 heteroatoms. The molecule has 84 valence electrons. The first-order chi connectivity index (χ1) is 7.72. The maximum absolute atomic E-state index is 9.78. The highest BCUT2D eigenvalue weighted by atomic mass is 32.2. The molecule has 1 atom stereocenters. The minimum absolute atomic E-state index is 0.365. The monoisotopic (exact) mass is 232 g/mol. The summed E-state index contributed by atoms with van der Waals surface area (Å²) in [6, 6.07) is 11.8. The number of thioether (sulfide) groups is 1. The van der Waals surface area contributed by atoms with Crippen molar-refractivity contribution in [2.75, 3.05) is 0 Å². The third-order valence-electron chi connectivity index (χ3n) is 2.76. The third-order valence-corrected chi connectivity index (χ3v) is 4.11. The molecule has 0 amide bonds. The van der Waals surface area contributed by atoms with Gasteiger partial charge in [0.15, 0.2) is 0 Å². The van der Waals surface area contributed by atoms with Crippen molar-refractivity contribution < 1.29 is 5.11 Å². The molecule has 0 saturated heterocycles. The van der Waals surface area contributed by atoms with Gasteiger partial charge in [-0.2, -0.15) is 0 Å². The SMILES string of the molecule is CCC(C)Sc1ccc(O)c2ccccc12. The standard InChI is InChI=1S/C14H16OS/c1-3-10(2)16-14-9-8-13(15)11-6-4-5-7-12(11)14/h4-10,15H,3H2,1-2H3. The van der Waals surface area contributed by atoms with Crippen LogP contribution in [0.5, 0.6) is 5.75 Å². The fourth-order valence-electron chi connectivity index (χ4n) is 1.66. The van der Waals surface area contributed by atoms with Gasteiger partial charge in [0.1, 0.15) is 5.75 Å². The zero-order chi connectivity index (χ0) is 11.5. The number of hydrogen-bond donors (Lipinski definition) is 1. The molecule has 2 aromatic rings. The lowest BCUT2D eigenvalue weighted by Gasteiger charge is -2.11. The summed E-state index contributed by atoms with van der Waals surface area (Å²) in [7, 11) is 0. The van der Waals surface area contributed by atoms with Gasteiger partial charge in [0.2, 0.25) is 0 Å². The smallest absolute Gasteiger partial charge is 0.123 e. The van der Waals surface area contributed by atoms with Gasteiger partial charge < -0.3 is 5.11 Å². The van der Waals surface area contributed by atoms with E-state index in [9.17, 15) is 5.11 Å². The number of aromatic hydroxyl groups is 1. The number of hydrogen-bond acceptors (Lipinski definition) is 2. The quantitative estimate of drug-likeness (QED) is 0.790. The van der Waals surface area contributed by atoms with Crippen LogP contribution in [-0.4, -0.2) is 10.4 Å². The highest BCUT2D eigenvalue weighted by molar-refractivity contribution is 8.00. The molecule has 0 aliphatic carbocycles. The maximum Gasteiger partial charge on any atom is 0.123 e. The van der Waals surface area contributed by atoms with Crippen molar-refractivity contribution in [2.24, 2.45) is 0 Å². The first-order valence-electron chi connectivity index (χ1n) is 5.59. The van der Waals surface area contributed by atoms with Gasteiger partial charge in [0.25, 0.3) is 0 Å². The zero-order valence-electron chi connectivity index (χ0n) is 9.60. The molecule has 2 aromatic carbocycles. The summed E-state index contributed by atoms with van der Waals surface area (Å²) >= 11 is 1.87. The van der Waals surface area contributed by atoms with E-state index in [4.69, 9.17) is 0 Å². The molecule has 16 heavy (non-hydrogen) atoms. The van der Waals surface area contributed by atoms with Gasteiger partial charge in [-0.1, -0.05) is 38.1 Å². The molecular formula is C14H16OS. The van der Waals surface area contributed by atoms with Crippen molar-refractivity contribution in [3.63, 3.8) is 0 Å². The largest absolute Gasteiger partial charge is 0.507 e.